The van der Waals surface area contributed by atoms with Gasteiger partial charge in [-0.05, 0) is 30.4 Å². The van der Waals surface area contributed by atoms with Crippen molar-refractivity contribution in [1.82, 2.24) is 4.72 Å². The molecular formula is C12H18N4O4S. The highest BCUT2D eigenvalue weighted by atomic mass is 32.2. The van der Waals surface area contributed by atoms with Gasteiger partial charge in [-0.1, -0.05) is 13.3 Å². The van der Waals surface area contributed by atoms with E-state index in [1.807, 2.05) is 6.92 Å². The van der Waals surface area contributed by atoms with Crippen LogP contribution >= 0.6 is 0 Å². The van der Waals surface area contributed by atoms with Gasteiger partial charge in [0.15, 0.2) is 4.90 Å². The third-order valence-electron chi connectivity index (χ3n) is 3.86. The van der Waals surface area contributed by atoms with Crippen LogP contribution in [0.25, 0.3) is 0 Å². The van der Waals surface area contributed by atoms with Gasteiger partial charge in [0.25, 0.3) is 5.69 Å². The molecular weight excluding hydrogens is 296 g/mol. The predicted octanol–water partition coefficient (Wildman–Crippen LogP) is 1.35. The van der Waals surface area contributed by atoms with Crippen LogP contribution in [0.2, 0.25) is 0 Å². The number of nitro benzene ring substituents is 1. The zero-order chi connectivity index (χ0) is 15.7. The smallest absolute Gasteiger partial charge is 0.289 e. The molecule has 0 unspecified atom stereocenters. The molecule has 0 radical (unpaired) electrons. The number of benzene rings is 1. The average Bonchev–Trinajstić information content (AvgIpc) is 2.42. The van der Waals surface area contributed by atoms with Crippen molar-refractivity contribution in [2.75, 3.05) is 12.0 Å². The second kappa shape index (κ2) is 5.58. The van der Waals surface area contributed by atoms with Crippen molar-refractivity contribution >= 4 is 21.4 Å². The number of hydrogen-bond donors (Lipinski definition) is 3. The summed E-state index contributed by atoms with van der Waals surface area (Å²) in [5.41, 5.74) is 2.04. The number of hydrazine groups is 1. The van der Waals surface area contributed by atoms with Gasteiger partial charge in [-0.25, -0.2) is 13.1 Å². The van der Waals surface area contributed by atoms with Crippen LogP contribution in [-0.4, -0.2) is 19.9 Å². The molecule has 8 nitrogen and oxygen atoms in total. The number of nitrogens with one attached hydrogen (secondary N) is 2. The summed E-state index contributed by atoms with van der Waals surface area (Å²) in [6.07, 6.45) is 2.97. The summed E-state index contributed by atoms with van der Waals surface area (Å²) in [6, 6.07) is 3.63. The highest BCUT2D eigenvalue weighted by Gasteiger charge is 2.34. The molecule has 1 aliphatic carbocycles. The minimum absolute atomic E-state index is 0.0639. The topological polar surface area (TPSA) is 127 Å². The van der Waals surface area contributed by atoms with Crippen molar-refractivity contribution in [1.29, 1.82) is 0 Å². The van der Waals surface area contributed by atoms with Gasteiger partial charge in [-0.3, -0.25) is 16.0 Å². The monoisotopic (exact) mass is 314 g/mol. The number of nitrogens with two attached hydrogens (primary N) is 1. The lowest BCUT2D eigenvalue weighted by atomic mass is 9.71. The Hall–Kier alpha value is -1.71. The number of anilines is 1. The maximum Gasteiger partial charge on any atom is 0.289 e. The van der Waals surface area contributed by atoms with Crippen LogP contribution in [0.4, 0.5) is 11.4 Å². The van der Waals surface area contributed by atoms with E-state index in [4.69, 9.17) is 5.84 Å². The van der Waals surface area contributed by atoms with E-state index in [2.05, 4.69) is 10.1 Å². The highest BCUT2D eigenvalue weighted by Crippen LogP contribution is 2.40. The minimum Gasteiger partial charge on any atom is -0.324 e. The molecule has 1 aliphatic rings. The summed E-state index contributed by atoms with van der Waals surface area (Å²) in [5, 5.41) is 11.0. The summed E-state index contributed by atoms with van der Waals surface area (Å²) in [7, 11) is -3.97. The van der Waals surface area contributed by atoms with Crippen LogP contribution in [0.5, 0.6) is 0 Å². The van der Waals surface area contributed by atoms with Gasteiger partial charge in [-0.2, -0.15) is 0 Å². The van der Waals surface area contributed by atoms with Crippen molar-refractivity contribution in [3.05, 3.63) is 28.3 Å². The van der Waals surface area contributed by atoms with Gasteiger partial charge in [-0.15, -0.1) is 0 Å². The average molecular weight is 314 g/mol. The number of hydrogen-bond acceptors (Lipinski definition) is 6. The maximum atomic E-state index is 12.3. The van der Waals surface area contributed by atoms with Gasteiger partial charge in [0, 0.05) is 12.6 Å². The first-order valence-electron chi connectivity index (χ1n) is 6.52. The van der Waals surface area contributed by atoms with Crippen molar-refractivity contribution in [2.24, 2.45) is 11.3 Å². The van der Waals surface area contributed by atoms with E-state index < -0.39 is 20.6 Å². The summed E-state index contributed by atoms with van der Waals surface area (Å²) in [5.74, 6) is 5.23. The van der Waals surface area contributed by atoms with Gasteiger partial charge in [0.1, 0.15) is 0 Å². The summed E-state index contributed by atoms with van der Waals surface area (Å²) < 4.78 is 27.1. The molecule has 0 heterocycles. The van der Waals surface area contributed by atoms with E-state index in [-0.39, 0.29) is 22.5 Å². The van der Waals surface area contributed by atoms with Crippen molar-refractivity contribution in [3.8, 4) is 0 Å². The highest BCUT2D eigenvalue weighted by molar-refractivity contribution is 7.89. The van der Waals surface area contributed by atoms with Crippen molar-refractivity contribution in [3.63, 3.8) is 0 Å². The molecule has 0 atom stereocenters. The SMILES string of the molecule is CC1(CNS(=O)(=O)c2cc(NN)ccc2[N+](=O)[O-])CCC1. The molecule has 0 bridgehead atoms. The fraction of sp³-hybridized carbons (Fsp3) is 0.500. The van der Waals surface area contributed by atoms with Crippen LogP contribution in [0, 0.1) is 15.5 Å². The lowest BCUT2D eigenvalue weighted by Crippen LogP contribution is -2.40. The molecule has 0 spiro atoms. The predicted molar refractivity (Wildman–Crippen MR) is 78.1 cm³/mol. The minimum atomic E-state index is -3.97. The van der Waals surface area contributed by atoms with Crippen molar-refractivity contribution in [2.45, 2.75) is 31.1 Å². The standard InChI is InChI=1S/C12H18N4O4S/c1-12(5-2-6-12)8-14-21(19,20)11-7-9(15-13)3-4-10(11)16(17)18/h3-4,7,14-15H,2,5-6,8,13H2,1H3. The molecule has 9 heteroatoms. The van der Waals surface area contributed by atoms with E-state index in [0.717, 1.165) is 31.4 Å². The second-order valence-corrected chi connectivity index (χ2v) is 7.31. The van der Waals surface area contributed by atoms with Crippen LogP contribution in [0.1, 0.15) is 26.2 Å². The Morgan fingerprint density at radius 1 is 1.43 bits per heavy atom. The van der Waals surface area contributed by atoms with E-state index in [1.54, 1.807) is 0 Å². The lowest BCUT2D eigenvalue weighted by Gasteiger charge is -2.38. The fourth-order valence-electron chi connectivity index (χ4n) is 2.27. The van der Waals surface area contributed by atoms with E-state index >= 15 is 0 Å². The van der Waals surface area contributed by atoms with E-state index in [9.17, 15) is 18.5 Å². The second-order valence-electron chi connectivity index (χ2n) is 5.57. The number of rotatable bonds is 6. The molecule has 1 fully saturated rings. The molecule has 0 amide bonds. The first-order valence-corrected chi connectivity index (χ1v) is 8.00. The molecule has 1 saturated carbocycles. The van der Waals surface area contributed by atoms with Gasteiger partial charge < -0.3 is 5.43 Å². The molecule has 1 aromatic carbocycles. The van der Waals surface area contributed by atoms with Crippen LogP contribution < -0.4 is 16.0 Å². The van der Waals surface area contributed by atoms with E-state index in [0.29, 0.717) is 0 Å². The molecule has 1 aromatic rings. The molecule has 0 aliphatic heterocycles. The summed E-state index contributed by atoms with van der Waals surface area (Å²) >= 11 is 0. The Labute approximate surface area is 122 Å². The number of sulfonamides is 1. The first kappa shape index (κ1) is 15.7. The van der Waals surface area contributed by atoms with E-state index in [1.165, 1.54) is 6.07 Å². The normalized spacial score (nSPS) is 17.0. The van der Waals surface area contributed by atoms with Crippen LogP contribution in [0.15, 0.2) is 23.1 Å². The molecule has 21 heavy (non-hydrogen) atoms. The van der Waals surface area contributed by atoms with Crippen LogP contribution in [0.3, 0.4) is 0 Å². The zero-order valence-electron chi connectivity index (χ0n) is 11.6. The third kappa shape index (κ3) is 3.31. The van der Waals surface area contributed by atoms with Gasteiger partial charge in [0.2, 0.25) is 10.0 Å². The third-order valence-corrected chi connectivity index (χ3v) is 5.29. The molecule has 2 rings (SSSR count). The Morgan fingerprint density at radius 3 is 2.57 bits per heavy atom. The zero-order valence-corrected chi connectivity index (χ0v) is 12.4. The number of nitrogen functional groups attached to an aromatic ring is 1. The number of nitrogens with zero attached hydrogens (tertiary/aromatic N) is 1. The largest absolute Gasteiger partial charge is 0.324 e. The first-order chi connectivity index (χ1) is 9.77. The van der Waals surface area contributed by atoms with Crippen molar-refractivity contribution < 1.29 is 13.3 Å². The quantitative estimate of drug-likeness (QED) is 0.413. The maximum absolute atomic E-state index is 12.3. The van der Waals surface area contributed by atoms with Gasteiger partial charge in [0.05, 0.1) is 10.6 Å². The summed E-state index contributed by atoms with van der Waals surface area (Å²) in [4.78, 5) is 9.89. The fourth-order valence-corrected chi connectivity index (χ4v) is 3.67. The molecule has 0 saturated heterocycles. The molecule has 116 valence electrons. The Bertz CT molecular complexity index is 655. The van der Waals surface area contributed by atoms with Crippen LogP contribution in [-0.2, 0) is 10.0 Å². The number of nitro groups is 1. The van der Waals surface area contributed by atoms with Gasteiger partial charge >= 0.3 is 0 Å². The Balaban J connectivity index is 2.31. The Kier molecular flexibility index (Phi) is 4.17. The summed E-state index contributed by atoms with van der Waals surface area (Å²) in [6.45, 7) is 2.26. The lowest BCUT2D eigenvalue weighted by molar-refractivity contribution is -0.387. The molecule has 0 aromatic heterocycles. The Morgan fingerprint density at radius 2 is 2.10 bits per heavy atom. The molecule has 4 N–H and O–H groups in total.